The van der Waals surface area contributed by atoms with E-state index in [9.17, 15) is 23.9 Å². The van der Waals surface area contributed by atoms with Crippen LogP contribution >= 0.6 is 0 Å². The third-order valence-corrected chi connectivity index (χ3v) is 9.34. The Morgan fingerprint density at radius 2 is 1.71 bits per heavy atom. The highest BCUT2D eigenvalue weighted by Gasteiger charge is 2.45. The molecular formula is C36H38FN7O4. The lowest BCUT2D eigenvalue weighted by Crippen LogP contribution is -2.59. The highest BCUT2D eigenvalue weighted by molar-refractivity contribution is 6.26. The fourth-order valence-corrected chi connectivity index (χ4v) is 6.52. The summed E-state index contributed by atoms with van der Waals surface area (Å²) in [7, 11) is 0. The van der Waals surface area contributed by atoms with Crippen LogP contribution in [0.4, 0.5) is 32.1 Å². The molecule has 12 heteroatoms. The average Bonchev–Trinajstić information content (AvgIpc) is 3.52. The summed E-state index contributed by atoms with van der Waals surface area (Å²) in [5, 5.41) is 26.7. The van der Waals surface area contributed by atoms with Gasteiger partial charge in [-0.2, -0.15) is 0 Å². The second kappa shape index (κ2) is 12.9. The molecule has 4 aromatic rings. The van der Waals surface area contributed by atoms with Crippen LogP contribution in [0, 0.1) is 11.2 Å². The van der Waals surface area contributed by atoms with Gasteiger partial charge in [-0.1, -0.05) is 45.1 Å². The second-order valence-corrected chi connectivity index (χ2v) is 13.3. The lowest BCUT2D eigenvalue weighted by atomic mass is 9.64. The predicted octanol–water partition coefficient (Wildman–Crippen LogP) is 6.81. The van der Waals surface area contributed by atoms with Crippen molar-refractivity contribution < 1.29 is 23.9 Å². The van der Waals surface area contributed by atoms with Gasteiger partial charge in [0.15, 0.2) is 11.4 Å². The average molecular weight is 652 g/mol. The number of nitrogens with one attached hydrogen (secondary N) is 4. The number of aromatic nitrogens is 3. The summed E-state index contributed by atoms with van der Waals surface area (Å²) in [6, 6.07) is 14.8. The maximum Gasteiger partial charge on any atom is 0.405 e. The first-order valence-electron chi connectivity index (χ1n) is 15.9. The van der Waals surface area contributed by atoms with E-state index in [2.05, 4.69) is 52.1 Å². The van der Waals surface area contributed by atoms with Crippen molar-refractivity contribution in [3.8, 4) is 0 Å². The third-order valence-electron chi connectivity index (χ3n) is 9.34. The van der Waals surface area contributed by atoms with Crippen LogP contribution < -0.4 is 21.3 Å². The van der Waals surface area contributed by atoms with Crippen molar-refractivity contribution in [2.24, 2.45) is 5.41 Å². The largest absolute Gasteiger partial charge is 0.465 e. The molecule has 6 rings (SSSR count). The van der Waals surface area contributed by atoms with Gasteiger partial charge in [-0.15, -0.1) is 5.10 Å². The van der Waals surface area contributed by atoms with E-state index in [0.29, 0.717) is 35.6 Å². The van der Waals surface area contributed by atoms with Crippen molar-refractivity contribution >= 4 is 46.3 Å². The van der Waals surface area contributed by atoms with Crippen molar-refractivity contribution in [3.05, 3.63) is 102 Å². The van der Waals surface area contributed by atoms with E-state index >= 15 is 0 Å². The smallest absolute Gasteiger partial charge is 0.405 e. The monoisotopic (exact) mass is 651 g/mol. The molecule has 2 aliphatic carbocycles. The molecule has 11 nitrogen and oxygen atoms in total. The highest BCUT2D eigenvalue weighted by Crippen LogP contribution is 2.42. The number of allylic oxidation sites excluding steroid dienone is 3. The molecule has 5 N–H and O–H groups in total. The number of ketones is 1. The van der Waals surface area contributed by atoms with E-state index in [-0.39, 0.29) is 22.8 Å². The highest BCUT2D eigenvalue weighted by atomic mass is 19.1. The van der Waals surface area contributed by atoms with Crippen LogP contribution in [0.5, 0.6) is 0 Å². The zero-order valence-electron chi connectivity index (χ0n) is 27.0. The van der Waals surface area contributed by atoms with Crippen molar-refractivity contribution in [1.29, 1.82) is 0 Å². The number of imidazole rings is 1. The van der Waals surface area contributed by atoms with Gasteiger partial charge in [-0.25, -0.2) is 18.7 Å². The van der Waals surface area contributed by atoms with Gasteiger partial charge in [0.05, 0.1) is 17.2 Å². The summed E-state index contributed by atoms with van der Waals surface area (Å²) in [6.07, 6.45) is 10.3. The SMILES string of the molecule is CC(C)(C)C1(NC(=O)O)CCC(Nc2cc(Nc3ccc(NC(=O)C4=CC=CC(c5ccc(F)cc5)C4=O)cc3)c3nccn3n2)CC1. The minimum atomic E-state index is -1.000. The van der Waals surface area contributed by atoms with Crippen molar-refractivity contribution in [3.63, 3.8) is 0 Å². The number of rotatable bonds is 8. The molecule has 2 aliphatic rings. The number of carboxylic acid groups (broad SMARTS) is 1. The predicted molar refractivity (Wildman–Crippen MR) is 182 cm³/mol. The number of benzene rings is 2. The molecule has 0 aliphatic heterocycles. The molecule has 1 saturated carbocycles. The molecule has 1 atom stereocenters. The Hall–Kier alpha value is -5.52. The Morgan fingerprint density at radius 1 is 1.02 bits per heavy atom. The number of hydrogen-bond acceptors (Lipinski definition) is 7. The summed E-state index contributed by atoms with van der Waals surface area (Å²) in [5.41, 5.74) is 2.52. The Balaban J connectivity index is 1.11. The Bertz CT molecular complexity index is 1900. The molecule has 2 amide bonds. The minimum Gasteiger partial charge on any atom is -0.465 e. The van der Waals surface area contributed by atoms with Gasteiger partial charge in [0, 0.05) is 41.4 Å². The fourth-order valence-electron chi connectivity index (χ4n) is 6.52. The van der Waals surface area contributed by atoms with Gasteiger partial charge in [0.25, 0.3) is 5.91 Å². The lowest BCUT2D eigenvalue weighted by molar-refractivity contribution is -0.120. The first-order valence-corrected chi connectivity index (χ1v) is 15.9. The van der Waals surface area contributed by atoms with Crippen LogP contribution in [0.15, 0.2) is 90.8 Å². The molecule has 48 heavy (non-hydrogen) atoms. The van der Waals surface area contributed by atoms with Gasteiger partial charge in [0.2, 0.25) is 0 Å². The van der Waals surface area contributed by atoms with Gasteiger partial charge in [-0.05, 0) is 79.1 Å². The Morgan fingerprint density at radius 3 is 2.38 bits per heavy atom. The van der Waals surface area contributed by atoms with Crippen LogP contribution in [0.1, 0.15) is 57.9 Å². The minimum absolute atomic E-state index is 0.0211. The number of fused-ring (bicyclic) bond motifs is 1. The van der Waals surface area contributed by atoms with Crippen LogP contribution in [0.25, 0.3) is 5.65 Å². The number of halogens is 1. The third kappa shape index (κ3) is 6.78. The molecule has 0 saturated heterocycles. The topological polar surface area (TPSA) is 150 Å². The fraction of sp³-hybridized carbons (Fsp3) is 0.306. The number of carbonyl (C=O) groups excluding carboxylic acids is 2. The number of carbonyl (C=O) groups is 3. The van der Waals surface area contributed by atoms with E-state index in [1.165, 1.54) is 18.2 Å². The van der Waals surface area contributed by atoms with Crippen LogP contribution in [-0.4, -0.2) is 49.1 Å². The first kappa shape index (κ1) is 32.4. The number of hydrogen-bond donors (Lipinski definition) is 5. The number of amides is 2. The van der Waals surface area contributed by atoms with Gasteiger partial charge in [-0.3, -0.25) is 9.59 Å². The molecule has 1 fully saturated rings. The zero-order valence-corrected chi connectivity index (χ0v) is 27.0. The van der Waals surface area contributed by atoms with E-state index in [1.807, 2.05) is 18.2 Å². The van der Waals surface area contributed by atoms with E-state index in [0.717, 1.165) is 24.2 Å². The molecule has 0 spiro atoms. The standard InChI is InChI=1S/C36H38FN7O4/c1-35(2,3)36(42-34(47)48)17-15-26(16-18-36)40-30-21-29(32-38-19-20-44(32)43-30)39-24-11-13-25(14-12-24)41-33(46)28-6-4-5-27(31(28)45)22-7-9-23(37)10-8-22/h4-14,19-21,26-27,39,42H,15-18H2,1-3H3,(H,40,43)(H,41,46)(H,47,48). The van der Waals surface area contributed by atoms with E-state index in [1.54, 1.807) is 53.3 Å². The molecule has 248 valence electrons. The normalized spacial score (nSPS) is 21.0. The number of anilines is 4. The Labute approximate surface area is 277 Å². The molecule has 0 bridgehead atoms. The number of nitrogens with zero attached hydrogens (tertiary/aromatic N) is 3. The molecule has 2 aromatic heterocycles. The quantitative estimate of drug-likeness (QED) is 0.131. The first-order chi connectivity index (χ1) is 22.9. The molecule has 0 radical (unpaired) electrons. The number of Topliss-reactive ketones (excluding diaryl/α,β-unsaturated/α-hetero) is 1. The summed E-state index contributed by atoms with van der Waals surface area (Å²) in [6.45, 7) is 6.22. The maximum atomic E-state index is 13.4. The van der Waals surface area contributed by atoms with E-state index < -0.39 is 29.3 Å². The summed E-state index contributed by atoms with van der Waals surface area (Å²) < 4.78 is 15.1. The van der Waals surface area contributed by atoms with Crippen molar-refractivity contribution in [1.82, 2.24) is 19.9 Å². The van der Waals surface area contributed by atoms with Crippen LogP contribution in [0.3, 0.4) is 0 Å². The lowest BCUT2D eigenvalue weighted by Gasteiger charge is -2.49. The summed E-state index contributed by atoms with van der Waals surface area (Å²) >= 11 is 0. The molecule has 2 aromatic carbocycles. The maximum absolute atomic E-state index is 13.4. The van der Waals surface area contributed by atoms with Gasteiger partial charge < -0.3 is 26.4 Å². The molecule has 1 unspecified atom stereocenters. The van der Waals surface area contributed by atoms with Crippen molar-refractivity contribution in [2.45, 2.75) is 64.0 Å². The van der Waals surface area contributed by atoms with Crippen LogP contribution in [0.2, 0.25) is 0 Å². The molecule has 2 heterocycles. The van der Waals surface area contributed by atoms with Gasteiger partial charge in [0.1, 0.15) is 11.6 Å². The second-order valence-electron chi connectivity index (χ2n) is 13.3. The zero-order chi connectivity index (χ0) is 34.1. The van der Waals surface area contributed by atoms with Crippen LogP contribution in [-0.2, 0) is 9.59 Å². The summed E-state index contributed by atoms with van der Waals surface area (Å²) in [5.74, 6) is -1.28. The Kier molecular flexibility index (Phi) is 8.74. The van der Waals surface area contributed by atoms with Gasteiger partial charge >= 0.3 is 6.09 Å². The molecular weight excluding hydrogens is 613 g/mol. The van der Waals surface area contributed by atoms with E-state index in [4.69, 9.17) is 0 Å². The van der Waals surface area contributed by atoms with Crippen molar-refractivity contribution in [2.75, 3.05) is 16.0 Å². The summed E-state index contributed by atoms with van der Waals surface area (Å²) in [4.78, 5) is 42.2.